The van der Waals surface area contributed by atoms with Crippen LogP contribution < -0.4 is 16.0 Å². The van der Waals surface area contributed by atoms with Gasteiger partial charge in [0.15, 0.2) is 0 Å². The van der Waals surface area contributed by atoms with E-state index in [-0.39, 0.29) is 17.5 Å². The van der Waals surface area contributed by atoms with Gasteiger partial charge in [0, 0.05) is 37.0 Å². The minimum atomic E-state index is -0.449. The van der Waals surface area contributed by atoms with Gasteiger partial charge in [-0.25, -0.2) is 14.2 Å². The summed E-state index contributed by atoms with van der Waals surface area (Å²) in [6, 6.07) is 19.9. The molecule has 0 fully saturated rings. The third-order valence-corrected chi connectivity index (χ3v) is 4.98. The van der Waals surface area contributed by atoms with Crippen LogP contribution in [0.15, 0.2) is 72.8 Å². The second kappa shape index (κ2) is 9.30. The first-order chi connectivity index (χ1) is 15.5. The normalized spacial score (nSPS) is 10.7. The number of urea groups is 1. The van der Waals surface area contributed by atoms with Crippen LogP contribution >= 0.6 is 0 Å². The predicted molar refractivity (Wildman–Crippen MR) is 122 cm³/mol. The summed E-state index contributed by atoms with van der Waals surface area (Å²) in [5.41, 5.74) is 3.24. The number of para-hydroxylation sites is 1. The van der Waals surface area contributed by atoms with Crippen molar-refractivity contribution in [3.8, 4) is 0 Å². The number of aryl methyl sites for hydroxylation is 1. The maximum Gasteiger partial charge on any atom is 0.323 e. The molecule has 0 atom stereocenters. The van der Waals surface area contributed by atoms with Crippen molar-refractivity contribution in [3.63, 3.8) is 0 Å². The molecule has 4 rings (SSSR count). The first kappa shape index (κ1) is 21.0. The van der Waals surface area contributed by atoms with Gasteiger partial charge in [-0.1, -0.05) is 24.3 Å². The number of anilines is 2. The van der Waals surface area contributed by atoms with Gasteiger partial charge in [0.1, 0.15) is 11.6 Å². The molecule has 1 heterocycles. The number of hydrogen-bond acceptors (Lipinski definition) is 3. The molecule has 1 aromatic heterocycles. The van der Waals surface area contributed by atoms with E-state index >= 15 is 0 Å². The van der Waals surface area contributed by atoms with Crippen molar-refractivity contribution in [1.29, 1.82) is 0 Å². The Labute approximate surface area is 184 Å². The molecule has 0 saturated heterocycles. The molecule has 162 valence electrons. The molecule has 3 N–H and O–H groups in total. The van der Waals surface area contributed by atoms with Gasteiger partial charge in [-0.3, -0.25) is 4.79 Å². The van der Waals surface area contributed by atoms with E-state index in [9.17, 15) is 14.0 Å². The molecule has 0 radical (unpaired) electrons. The first-order valence-corrected chi connectivity index (χ1v) is 10.1. The monoisotopic (exact) mass is 431 g/mol. The van der Waals surface area contributed by atoms with Gasteiger partial charge in [0.25, 0.3) is 5.91 Å². The Morgan fingerprint density at radius 1 is 0.938 bits per heavy atom. The molecule has 0 aliphatic carbocycles. The average molecular weight is 431 g/mol. The van der Waals surface area contributed by atoms with Crippen LogP contribution in [0.1, 0.15) is 16.2 Å². The van der Waals surface area contributed by atoms with E-state index in [1.54, 1.807) is 24.3 Å². The van der Waals surface area contributed by atoms with Crippen LogP contribution in [-0.4, -0.2) is 28.0 Å². The Kier molecular flexibility index (Phi) is 6.12. The zero-order valence-corrected chi connectivity index (χ0v) is 17.4. The summed E-state index contributed by atoms with van der Waals surface area (Å²) in [5.74, 6) is -0.000488. The Balaban J connectivity index is 1.39. The molecule has 7 nitrogen and oxygen atoms in total. The quantitative estimate of drug-likeness (QED) is 0.425. The number of nitrogens with one attached hydrogen (secondary N) is 3. The lowest BCUT2D eigenvalue weighted by Crippen LogP contribution is -2.26. The second-order valence-corrected chi connectivity index (χ2v) is 7.25. The number of halogens is 1. The molecule has 32 heavy (non-hydrogen) atoms. The summed E-state index contributed by atoms with van der Waals surface area (Å²) in [6.07, 6.45) is 0.503. The second-order valence-electron chi connectivity index (χ2n) is 7.25. The molecular weight excluding hydrogens is 409 g/mol. The summed E-state index contributed by atoms with van der Waals surface area (Å²) in [6.45, 7) is 0.358. The Morgan fingerprint density at radius 2 is 1.72 bits per heavy atom. The number of rotatable bonds is 6. The number of hydrogen-bond donors (Lipinski definition) is 3. The maximum absolute atomic E-state index is 13.3. The lowest BCUT2D eigenvalue weighted by molar-refractivity contribution is 0.0953. The number of benzene rings is 3. The highest BCUT2D eigenvalue weighted by Gasteiger charge is 2.11. The highest BCUT2D eigenvalue weighted by molar-refractivity contribution is 6.00. The van der Waals surface area contributed by atoms with Gasteiger partial charge >= 0.3 is 6.03 Å². The number of fused-ring (bicyclic) bond motifs is 1. The Bertz CT molecular complexity index is 1270. The fraction of sp³-hybridized carbons (Fsp3) is 0.125. The van der Waals surface area contributed by atoms with Gasteiger partial charge in [0.2, 0.25) is 0 Å². The van der Waals surface area contributed by atoms with Gasteiger partial charge in [0.05, 0.1) is 11.0 Å². The highest BCUT2D eigenvalue weighted by Crippen LogP contribution is 2.20. The fourth-order valence-corrected chi connectivity index (χ4v) is 3.39. The average Bonchev–Trinajstić information content (AvgIpc) is 3.09. The molecular formula is C24H22FN5O2. The van der Waals surface area contributed by atoms with Crippen molar-refractivity contribution in [2.24, 2.45) is 7.05 Å². The lowest BCUT2D eigenvalue weighted by Gasteiger charge is -2.07. The number of carbonyl (C=O) groups is 2. The van der Waals surface area contributed by atoms with E-state index in [2.05, 4.69) is 20.9 Å². The third-order valence-electron chi connectivity index (χ3n) is 4.98. The van der Waals surface area contributed by atoms with E-state index in [1.165, 1.54) is 18.2 Å². The minimum absolute atomic E-state index is 0.277. The molecule has 0 spiro atoms. The van der Waals surface area contributed by atoms with Crippen LogP contribution in [0.2, 0.25) is 0 Å². The Hall–Kier alpha value is -4.20. The number of carbonyl (C=O) groups excluding carboxylic acids is 2. The van der Waals surface area contributed by atoms with Crippen LogP contribution in [0.4, 0.5) is 20.6 Å². The summed E-state index contributed by atoms with van der Waals surface area (Å²) < 4.78 is 15.2. The zero-order valence-electron chi connectivity index (χ0n) is 17.4. The van der Waals surface area contributed by atoms with Crippen LogP contribution in [-0.2, 0) is 13.5 Å². The largest absolute Gasteiger partial charge is 0.352 e. The van der Waals surface area contributed by atoms with E-state index < -0.39 is 5.82 Å². The number of nitrogens with zero attached hydrogens (tertiary/aromatic N) is 2. The van der Waals surface area contributed by atoms with Crippen molar-refractivity contribution in [1.82, 2.24) is 14.9 Å². The van der Waals surface area contributed by atoms with Crippen LogP contribution in [0.25, 0.3) is 11.0 Å². The van der Waals surface area contributed by atoms with E-state index in [1.807, 2.05) is 41.9 Å². The topological polar surface area (TPSA) is 88.1 Å². The smallest absolute Gasteiger partial charge is 0.323 e. The molecule has 0 unspecified atom stereocenters. The van der Waals surface area contributed by atoms with Gasteiger partial charge in [-0.05, 0) is 48.5 Å². The molecule has 0 saturated carbocycles. The standard InChI is InChI=1S/C24H22FN5O2/c1-30-21-11-10-19(28-24(32)27-18-8-3-2-4-9-18)15-20(21)29-22(30)12-13-26-23(31)16-6-5-7-17(25)14-16/h2-11,14-15H,12-13H2,1H3,(H,26,31)(H2,27,28,32). The minimum Gasteiger partial charge on any atom is -0.352 e. The summed E-state index contributed by atoms with van der Waals surface area (Å²) in [7, 11) is 1.90. The van der Waals surface area contributed by atoms with E-state index in [0.29, 0.717) is 24.3 Å². The number of amides is 3. The number of imidazole rings is 1. The van der Waals surface area contributed by atoms with Crippen molar-refractivity contribution in [2.75, 3.05) is 17.2 Å². The summed E-state index contributed by atoms with van der Waals surface area (Å²) in [5, 5.41) is 8.36. The van der Waals surface area contributed by atoms with Crippen molar-refractivity contribution >= 4 is 34.3 Å². The fourth-order valence-electron chi connectivity index (χ4n) is 3.39. The third kappa shape index (κ3) is 4.92. The molecule has 3 amide bonds. The molecule has 0 aliphatic rings. The van der Waals surface area contributed by atoms with Crippen molar-refractivity contribution in [2.45, 2.75) is 6.42 Å². The maximum atomic E-state index is 13.3. The van der Waals surface area contributed by atoms with E-state index in [0.717, 1.165) is 16.9 Å². The van der Waals surface area contributed by atoms with Crippen LogP contribution in [0, 0.1) is 5.82 Å². The Morgan fingerprint density at radius 3 is 2.50 bits per heavy atom. The number of aromatic nitrogens is 2. The molecule has 0 aliphatic heterocycles. The van der Waals surface area contributed by atoms with E-state index in [4.69, 9.17) is 0 Å². The van der Waals surface area contributed by atoms with Crippen molar-refractivity contribution in [3.05, 3.63) is 90.0 Å². The van der Waals surface area contributed by atoms with Gasteiger partial charge in [-0.2, -0.15) is 0 Å². The molecule has 8 heteroatoms. The summed E-state index contributed by atoms with van der Waals surface area (Å²) >= 11 is 0. The summed E-state index contributed by atoms with van der Waals surface area (Å²) in [4.78, 5) is 29.0. The van der Waals surface area contributed by atoms with Gasteiger partial charge in [-0.15, -0.1) is 0 Å². The zero-order chi connectivity index (χ0) is 22.5. The highest BCUT2D eigenvalue weighted by atomic mass is 19.1. The van der Waals surface area contributed by atoms with Gasteiger partial charge < -0.3 is 20.5 Å². The van der Waals surface area contributed by atoms with Crippen LogP contribution in [0.3, 0.4) is 0 Å². The first-order valence-electron chi connectivity index (χ1n) is 10.1. The predicted octanol–water partition coefficient (Wildman–Crippen LogP) is 4.33. The lowest BCUT2D eigenvalue weighted by atomic mass is 10.2. The molecule has 0 bridgehead atoms. The molecule has 3 aromatic carbocycles. The SMILES string of the molecule is Cn1c(CCNC(=O)c2cccc(F)c2)nc2cc(NC(=O)Nc3ccccc3)ccc21. The van der Waals surface area contributed by atoms with Crippen LogP contribution in [0.5, 0.6) is 0 Å². The molecule has 4 aromatic rings. The van der Waals surface area contributed by atoms with Crippen molar-refractivity contribution < 1.29 is 14.0 Å².